The lowest BCUT2D eigenvalue weighted by atomic mass is 10.1. The molecule has 0 atom stereocenters. The Balaban J connectivity index is 3.00. The topological polar surface area (TPSA) is 63.6 Å². The second kappa shape index (κ2) is 6.06. The van der Waals surface area contributed by atoms with Crippen LogP contribution in [0.25, 0.3) is 6.08 Å². The Morgan fingerprint density at radius 3 is 2.76 bits per heavy atom. The first-order valence-electron chi connectivity index (χ1n) is 4.92. The normalized spacial score (nSPS) is 10.5. The first-order chi connectivity index (χ1) is 8.04. The van der Waals surface area contributed by atoms with Gasteiger partial charge < -0.3 is 9.84 Å². The molecule has 0 aliphatic heterocycles. The summed E-state index contributed by atoms with van der Waals surface area (Å²) in [6.45, 7) is 1.96. The van der Waals surface area contributed by atoms with Crippen LogP contribution < -0.4 is 0 Å². The molecule has 1 rings (SSSR count). The van der Waals surface area contributed by atoms with Gasteiger partial charge in [0.15, 0.2) is 0 Å². The summed E-state index contributed by atoms with van der Waals surface area (Å²) >= 11 is 5.75. The molecule has 0 unspecified atom stereocenters. The predicted octanol–water partition coefficient (Wildman–Crippen LogP) is 2.61. The van der Waals surface area contributed by atoms with E-state index in [1.165, 1.54) is 30.4 Å². The zero-order valence-corrected chi connectivity index (χ0v) is 9.90. The summed E-state index contributed by atoms with van der Waals surface area (Å²) < 4.78 is 4.69. The van der Waals surface area contributed by atoms with Crippen molar-refractivity contribution in [1.82, 2.24) is 0 Å². The molecule has 1 aromatic carbocycles. The number of carboxylic acid groups (broad SMARTS) is 1. The van der Waals surface area contributed by atoms with Crippen molar-refractivity contribution in [3.8, 4) is 0 Å². The first kappa shape index (κ1) is 13.3. The molecule has 17 heavy (non-hydrogen) atoms. The number of carboxylic acids is 1. The quantitative estimate of drug-likeness (QED) is 0.663. The van der Waals surface area contributed by atoms with Gasteiger partial charge in [-0.2, -0.15) is 0 Å². The number of hydrogen-bond donors (Lipinski definition) is 1. The molecule has 0 fully saturated rings. The third kappa shape index (κ3) is 3.92. The standard InChI is InChI=1S/C12H11ClO4/c1-2-17-11(14)6-3-8-7-9(13)4-5-10(8)12(15)16/h3-7H,2H2,1H3,(H,15,16). The van der Waals surface area contributed by atoms with Gasteiger partial charge in [-0.3, -0.25) is 0 Å². The highest BCUT2D eigenvalue weighted by molar-refractivity contribution is 6.30. The van der Waals surface area contributed by atoms with Crippen LogP contribution in [-0.2, 0) is 9.53 Å². The summed E-state index contributed by atoms with van der Waals surface area (Å²) in [4.78, 5) is 22.0. The minimum Gasteiger partial charge on any atom is -0.478 e. The number of ether oxygens (including phenoxy) is 1. The summed E-state index contributed by atoms with van der Waals surface area (Å²) in [6, 6.07) is 4.34. The molecular formula is C12H11ClO4. The molecule has 1 N–H and O–H groups in total. The molecule has 0 radical (unpaired) electrons. The van der Waals surface area contributed by atoms with Crippen molar-refractivity contribution in [1.29, 1.82) is 0 Å². The molecule has 0 saturated heterocycles. The van der Waals surface area contributed by atoms with Gasteiger partial charge in [0.25, 0.3) is 0 Å². The minimum atomic E-state index is -1.08. The summed E-state index contributed by atoms with van der Waals surface area (Å²) in [5.41, 5.74) is 0.438. The number of halogens is 1. The van der Waals surface area contributed by atoms with Crippen molar-refractivity contribution in [2.24, 2.45) is 0 Å². The zero-order chi connectivity index (χ0) is 12.8. The maximum atomic E-state index is 11.1. The number of aromatic carboxylic acids is 1. The number of carbonyl (C=O) groups is 2. The van der Waals surface area contributed by atoms with Crippen LogP contribution in [0.1, 0.15) is 22.8 Å². The van der Waals surface area contributed by atoms with Crippen LogP contribution in [0.2, 0.25) is 5.02 Å². The largest absolute Gasteiger partial charge is 0.478 e. The van der Waals surface area contributed by atoms with Crippen molar-refractivity contribution < 1.29 is 19.4 Å². The van der Waals surface area contributed by atoms with Gasteiger partial charge in [-0.05, 0) is 36.8 Å². The van der Waals surface area contributed by atoms with E-state index in [4.69, 9.17) is 16.7 Å². The van der Waals surface area contributed by atoms with E-state index in [0.717, 1.165) is 0 Å². The van der Waals surface area contributed by atoms with E-state index in [0.29, 0.717) is 10.6 Å². The van der Waals surface area contributed by atoms with E-state index in [1.54, 1.807) is 6.92 Å². The molecule has 0 bridgehead atoms. The van der Waals surface area contributed by atoms with E-state index in [2.05, 4.69) is 4.74 Å². The monoisotopic (exact) mass is 254 g/mol. The first-order valence-corrected chi connectivity index (χ1v) is 5.30. The van der Waals surface area contributed by atoms with Gasteiger partial charge in [0.05, 0.1) is 12.2 Å². The third-order valence-electron chi connectivity index (χ3n) is 1.93. The fourth-order valence-corrected chi connectivity index (χ4v) is 1.39. The number of carbonyl (C=O) groups excluding carboxylic acids is 1. The van der Waals surface area contributed by atoms with Gasteiger partial charge in [-0.1, -0.05) is 11.6 Å². The van der Waals surface area contributed by atoms with Gasteiger partial charge in [-0.25, -0.2) is 9.59 Å². The van der Waals surface area contributed by atoms with Crippen LogP contribution in [0.3, 0.4) is 0 Å². The Kier molecular flexibility index (Phi) is 4.72. The third-order valence-corrected chi connectivity index (χ3v) is 2.16. The zero-order valence-electron chi connectivity index (χ0n) is 9.14. The van der Waals surface area contributed by atoms with Crippen LogP contribution in [0, 0.1) is 0 Å². The Bertz CT molecular complexity index is 466. The highest BCUT2D eigenvalue weighted by atomic mass is 35.5. The predicted molar refractivity (Wildman–Crippen MR) is 64.1 cm³/mol. The highest BCUT2D eigenvalue weighted by Gasteiger charge is 2.08. The second-order valence-electron chi connectivity index (χ2n) is 3.12. The van der Waals surface area contributed by atoms with E-state index < -0.39 is 11.9 Å². The maximum Gasteiger partial charge on any atom is 0.336 e. The number of rotatable bonds is 4. The molecule has 5 heteroatoms. The molecule has 1 aromatic rings. The van der Waals surface area contributed by atoms with E-state index >= 15 is 0 Å². The maximum absolute atomic E-state index is 11.1. The molecule has 0 aliphatic rings. The van der Waals surface area contributed by atoms with Crippen molar-refractivity contribution in [3.05, 3.63) is 40.4 Å². The fraction of sp³-hybridized carbons (Fsp3) is 0.167. The van der Waals surface area contributed by atoms with Gasteiger partial charge in [0, 0.05) is 11.1 Å². The summed E-state index contributed by atoms with van der Waals surface area (Å²) in [5.74, 6) is -1.60. The van der Waals surface area contributed by atoms with E-state index in [9.17, 15) is 9.59 Å². The lowest BCUT2D eigenvalue weighted by molar-refractivity contribution is -0.137. The Hall–Kier alpha value is -1.81. The van der Waals surface area contributed by atoms with Crippen LogP contribution in [0.5, 0.6) is 0 Å². The smallest absolute Gasteiger partial charge is 0.336 e. The fourth-order valence-electron chi connectivity index (χ4n) is 1.21. The summed E-state index contributed by atoms with van der Waals surface area (Å²) in [6.07, 6.45) is 2.54. The van der Waals surface area contributed by atoms with Crippen LogP contribution in [0.15, 0.2) is 24.3 Å². The van der Waals surface area contributed by atoms with E-state index in [-0.39, 0.29) is 12.2 Å². The van der Waals surface area contributed by atoms with Crippen molar-refractivity contribution >= 4 is 29.6 Å². The van der Waals surface area contributed by atoms with Crippen molar-refractivity contribution in [2.45, 2.75) is 6.92 Å². The van der Waals surface area contributed by atoms with Crippen molar-refractivity contribution in [2.75, 3.05) is 6.61 Å². The van der Waals surface area contributed by atoms with Gasteiger partial charge in [0.1, 0.15) is 0 Å². The molecular weight excluding hydrogens is 244 g/mol. The lowest BCUT2D eigenvalue weighted by Crippen LogP contribution is -2.01. The SMILES string of the molecule is CCOC(=O)C=Cc1cc(Cl)ccc1C(=O)O. The Morgan fingerprint density at radius 1 is 1.47 bits per heavy atom. The Labute approximate surface area is 103 Å². The van der Waals surface area contributed by atoms with Gasteiger partial charge >= 0.3 is 11.9 Å². The highest BCUT2D eigenvalue weighted by Crippen LogP contribution is 2.17. The average Bonchev–Trinajstić information content (AvgIpc) is 2.26. The molecule has 90 valence electrons. The van der Waals surface area contributed by atoms with Crippen LogP contribution in [-0.4, -0.2) is 23.7 Å². The average molecular weight is 255 g/mol. The Morgan fingerprint density at radius 2 is 2.18 bits per heavy atom. The lowest BCUT2D eigenvalue weighted by Gasteiger charge is -2.01. The molecule has 0 aromatic heterocycles. The van der Waals surface area contributed by atoms with E-state index in [1.807, 2.05) is 0 Å². The molecule has 0 spiro atoms. The summed E-state index contributed by atoms with van der Waals surface area (Å²) in [5, 5.41) is 9.33. The second-order valence-corrected chi connectivity index (χ2v) is 3.56. The van der Waals surface area contributed by atoms with Crippen LogP contribution in [0.4, 0.5) is 0 Å². The number of benzene rings is 1. The number of esters is 1. The van der Waals surface area contributed by atoms with Crippen molar-refractivity contribution in [3.63, 3.8) is 0 Å². The van der Waals surface area contributed by atoms with Gasteiger partial charge in [0.2, 0.25) is 0 Å². The molecule has 0 saturated carbocycles. The molecule has 0 amide bonds. The molecule has 0 heterocycles. The molecule has 0 aliphatic carbocycles. The minimum absolute atomic E-state index is 0.0787. The van der Waals surface area contributed by atoms with Crippen LogP contribution >= 0.6 is 11.6 Å². The van der Waals surface area contributed by atoms with Gasteiger partial charge in [-0.15, -0.1) is 0 Å². The molecule has 4 nitrogen and oxygen atoms in total. The summed E-state index contributed by atoms with van der Waals surface area (Å²) in [7, 11) is 0. The number of hydrogen-bond acceptors (Lipinski definition) is 3.